The van der Waals surface area contributed by atoms with Crippen molar-refractivity contribution >= 4 is 27.5 Å². The van der Waals surface area contributed by atoms with Crippen molar-refractivity contribution in [2.24, 2.45) is 0 Å². The number of anilines is 1. The molecular weight excluding hydrogens is 546 g/mol. The van der Waals surface area contributed by atoms with Gasteiger partial charge in [0.15, 0.2) is 11.5 Å². The molecule has 0 fully saturated rings. The maximum Gasteiger partial charge on any atom is 0.264 e. The number of likely N-dealkylation sites (N-methyl/N-ethyl adjacent to an activating group) is 1. The summed E-state index contributed by atoms with van der Waals surface area (Å²) in [4.78, 5) is 28.6. The number of nitrogens with zero attached hydrogens (tertiary/aromatic N) is 2. The van der Waals surface area contributed by atoms with Crippen molar-refractivity contribution in [3.05, 3.63) is 78.4 Å². The largest absolute Gasteiger partial charge is 0.497 e. The molecule has 0 saturated carbocycles. The molecule has 1 unspecified atom stereocenters. The topological polar surface area (TPSA) is 114 Å². The highest BCUT2D eigenvalue weighted by Gasteiger charge is 2.34. The number of amides is 2. The van der Waals surface area contributed by atoms with E-state index >= 15 is 0 Å². The van der Waals surface area contributed by atoms with Crippen LogP contribution in [0.5, 0.6) is 17.2 Å². The molecule has 0 saturated heterocycles. The Kier molecular flexibility index (Phi) is 9.72. The second kappa shape index (κ2) is 13.4. The third-order valence-electron chi connectivity index (χ3n) is 6.67. The Labute approximate surface area is 240 Å². The van der Waals surface area contributed by atoms with Crippen molar-refractivity contribution < 1.29 is 32.2 Å². The molecule has 11 heteroatoms. The van der Waals surface area contributed by atoms with Gasteiger partial charge in [-0.05, 0) is 55.3 Å². The lowest BCUT2D eigenvalue weighted by Crippen LogP contribution is -2.52. The number of carbonyl (C=O) groups is 2. The fourth-order valence-corrected chi connectivity index (χ4v) is 6.00. The van der Waals surface area contributed by atoms with Crippen molar-refractivity contribution in [2.45, 2.75) is 37.8 Å². The SMILES string of the molecule is CCNC(=O)C(CC)N(Cc1ccc(OC)cc1)C(=O)CN(c1ccc2c(c1)OCCO2)S(=O)(=O)c1ccccc1. The summed E-state index contributed by atoms with van der Waals surface area (Å²) >= 11 is 0. The first-order valence-electron chi connectivity index (χ1n) is 13.5. The first-order chi connectivity index (χ1) is 19.8. The molecule has 0 radical (unpaired) electrons. The van der Waals surface area contributed by atoms with Gasteiger partial charge in [-0.25, -0.2) is 8.42 Å². The van der Waals surface area contributed by atoms with E-state index in [2.05, 4.69) is 5.32 Å². The molecule has 3 aromatic carbocycles. The summed E-state index contributed by atoms with van der Waals surface area (Å²) in [6, 6.07) is 19.0. The Hall–Kier alpha value is -4.25. The van der Waals surface area contributed by atoms with Crippen molar-refractivity contribution in [3.8, 4) is 17.2 Å². The molecule has 41 heavy (non-hydrogen) atoms. The van der Waals surface area contributed by atoms with Gasteiger partial charge in [-0.1, -0.05) is 37.3 Å². The summed E-state index contributed by atoms with van der Waals surface area (Å²) < 4.78 is 45.5. The van der Waals surface area contributed by atoms with Crippen LogP contribution in [0.25, 0.3) is 0 Å². The van der Waals surface area contributed by atoms with Crippen LogP contribution in [-0.2, 0) is 26.2 Å². The van der Waals surface area contributed by atoms with Gasteiger partial charge in [0.25, 0.3) is 10.0 Å². The Morgan fingerprint density at radius 1 is 0.951 bits per heavy atom. The zero-order chi connectivity index (χ0) is 29.4. The quantitative estimate of drug-likeness (QED) is 0.348. The van der Waals surface area contributed by atoms with Gasteiger partial charge >= 0.3 is 0 Å². The van der Waals surface area contributed by atoms with Gasteiger partial charge in [-0.15, -0.1) is 0 Å². The second-order valence-corrected chi connectivity index (χ2v) is 11.2. The average Bonchev–Trinajstić information content (AvgIpc) is 3.00. The van der Waals surface area contributed by atoms with Gasteiger partial charge in [0.05, 0.1) is 17.7 Å². The molecule has 1 aliphatic rings. The number of carbonyl (C=O) groups excluding carboxylic acids is 2. The van der Waals surface area contributed by atoms with Gasteiger partial charge in [-0.2, -0.15) is 0 Å². The lowest BCUT2D eigenvalue weighted by Gasteiger charge is -2.33. The van der Waals surface area contributed by atoms with Crippen molar-refractivity contribution in [2.75, 3.05) is 37.7 Å². The Morgan fingerprint density at radius 3 is 2.27 bits per heavy atom. The fraction of sp³-hybridized carbons (Fsp3) is 0.333. The molecule has 1 N–H and O–H groups in total. The van der Waals surface area contributed by atoms with Crippen LogP contribution in [0.15, 0.2) is 77.7 Å². The van der Waals surface area contributed by atoms with E-state index in [0.717, 1.165) is 9.87 Å². The zero-order valence-electron chi connectivity index (χ0n) is 23.4. The van der Waals surface area contributed by atoms with Gasteiger partial charge in [0.1, 0.15) is 31.5 Å². The number of fused-ring (bicyclic) bond motifs is 1. The predicted molar refractivity (Wildman–Crippen MR) is 155 cm³/mol. The van der Waals surface area contributed by atoms with E-state index in [1.807, 2.05) is 19.1 Å². The minimum atomic E-state index is -4.18. The van der Waals surface area contributed by atoms with E-state index < -0.39 is 28.5 Å². The molecule has 3 aromatic rings. The molecule has 4 rings (SSSR count). The number of nitrogens with one attached hydrogen (secondary N) is 1. The predicted octanol–water partition coefficient (Wildman–Crippen LogP) is 3.61. The van der Waals surface area contributed by atoms with Gasteiger partial charge in [0, 0.05) is 19.2 Å². The molecule has 0 bridgehead atoms. The minimum absolute atomic E-state index is 0.0279. The lowest BCUT2D eigenvalue weighted by atomic mass is 10.1. The summed E-state index contributed by atoms with van der Waals surface area (Å²) in [6.45, 7) is 4.27. The molecule has 10 nitrogen and oxygen atoms in total. The third kappa shape index (κ3) is 6.91. The van der Waals surface area contributed by atoms with E-state index in [1.165, 1.54) is 17.0 Å². The van der Waals surface area contributed by atoms with Crippen LogP contribution in [-0.4, -0.2) is 64.6 Å². The number of benzene rings is 3. The maximum absolute atomic E-state index is 14.1. The van der Waals surface area contributed by atoms with Crippen molar-refractivity contribution in [3.63, 3.8) is 0 Å². The van der Waals surface area contributed by atoms with Gasteiger partial charge < -0.3 is 24.4 Å². The van der Waals surface area contributed by atoms with E-state index in [0.29, 0.717) is 43.4 Å². The van der Waals surface area contributed by atoms with E-state index in [9.17, 15) is 18.0 Å². The first-order valence-corrected chi connectivity index (χ1v) is 14.9. The number of ether oxygens (including phenoxy) is 3. The first kappa shape index (κ1) is 29.7. The molecule has 0 aromatic heterocycles. The molecule has 218 valence electrons. The molecule has 1 atom stereocenters. The van der Waals surface area contributed by atoms with Crippen LogP contribution in [0.4, 0.5) is 5.69 Å². The molecule has 2 amide bonds. The van der Waals surface area contributed by atoms with Crippen LogP contribution >= 0.6 is 0 Å². The van der Waals surface area contributed by atoms with Crippen LogP contribution in [0.2, 0.25) is 0 Å². The van der Waals surface area contributed by atoms with E-state index in [1.54, 1.807) is 62.6 Å². The summed E-state index contributed by atoms with van der Waals surface area (Å²) in [5, 5.41) is 2.80. The van der Waals surface area contributed by atoms with E-state index in [4.69, 9.17) is 14.2 Å². The maximum atomic E-state index is 14.1. The van der Waals surface area contributed by atoms with Crippen LogP contribution in [0.1, 0.15) is 25.8 Å². The highest BCUT2D eigenvalue weighted by atomic mass is 32.2. The number of methoxy groups -OCH3 is 1. The van der Waals surface area contributed by atoms with Crippen molar-refractivity contribution in [1.29, 1.82) is 0 Å². The van der Waals surface area contributed by atoms with Crippen LogP contribution in [0.3, 0.4) is 0 Å². The van der Waals surface area contributed by atoms with Gasteiger partial charge in [0.2, 0.25) is 11.8 Å². The summed E-state index contributed by atoms with van der Waals surface area (Å²) in [6.07, 6.45) is 0.336. The Balaban J connectivity index is 1.74. The van der Waals surface area contributed by atoms with Crippen molar-refractivity contribution in [1.82, 2.24) is 10.2 Å². The molecule has 1 aliphatic heterocycles. The molecule has 0 aliphatic carbocycles. The summed E-state index contributed by atoms with van der Waals surface area (Å²) in [5.74, 6) is 0.688. The van der Waals surface area contributed by atoms with Crippen LogP contribution in [0, 0.1) is 0 Å². The smallest absolute Gasteiger partial charge is 0.264 e. The number of hydrogen-bond acceptors (Lipinski definition) is 7. The van der Waals surface area contributed by atoms with E-state index in [-0.39, 0.29) is 23.0 Å². The number of sulfonamides is 1. The summed E-state index contributed by atoms with van der Waals surface area (Å²) in [7, 11) is -2.62. The number of hydrogen-bond donors (Lipinski definition) is 1. The summed E-state index contributed by atoms with van der Waals surface area (Å²) in [5.41, 5.74) is 1.00. The monoisotopic (exact) mass is 581 g/mol. The minimum Gasteiger partial charge on any atom is -0.497 e. The zero-order valence-corrected chi connectivity index (χ0v) is 24.2. The fourth-order valence-electron chi connectivity index (χ4n) is 4.57. The molecule has 0 spiro atoms. The van der Waals surface area contributed by atoms with Crippen LogP contribution < -0.4 is 23.8 Å². The average molecular weight is 582 g/mol. The normalized spacial score (nSPS) is 13.1. The standard InChI is InChI=1S/C30H35N3O7S/c1-4-26(30(35)31-5-2)32(20-22-11-14-24(38-3)15-12-22)29(34)21-33(41(36,37)25-9-7-6-8-10-25)23-13-16-27-28(19-23)40-18-17-39-27/h6-16,19,26H,4-5,17-18,20-21H2,1-3H3,(H,31,35). The third-order valence-corrected chi connectivity index (χ3v) is 8.46. The number of rotatable bonds is 12. The Bertz CT molecular complexity index is 1450. The lowest BCUT2D eigenvalue weighted by molar-refractivity contribution is -0.140. The molecule has 1 heterocycles. The Morgan fingerprint density at radius 2 is 1.63 bits per heavy atom. The highest BCUT2D eigenvalue weighted by molar-refractivity contribution is 7.92. The van der Waals surface area contributed by atoms with Gasteiger partial charge in [-0.3, -0.25) is 13.9 Å². The highest BCUT2D eigenvalue weighted by Crippen LogP contribution is 2.36. The second-order valence-electron chi connectivity index (χ2n) is 9.34. The molecular formula is C30H35N3O7S.